The minimum Gasteiger partial charge on any atom is -0.376 e. The van der Waals surface area contributed by atoms with Crippen LogP contribution in [0.2, 0.25) is 0 Å². The largest absolute Gasteiger partial charge is 0.376 e. The fraction of sp³-hybridized carbons (Fsp3) is 0.429. The van der Waals surface area contributed by atoms with Crippen LogP contribution < -0.4 is 5.73 Å². The van der Waals surface area contributed by atoms with Gasteiger partial charge in [0, 0.05) is 11.7 Å². The molecule has 0 aliphatic carbocycles. The summed E-state index contributed by atoms with van der Waals surface area (Å²) in [7, 11) is -1.40. The van der Waals surface area contributed by atoms with Gasteiger partial charge in [-0.3, -0.25) is 9.20 Å². The average molecular weight is 295 g/mol. The summed E-state index contributed by atoms with van der Waals surface area (Å²) in [4.78, 5) is 8.18. The van der Waals surface area contributed by atoms with Gasteiger partial charge in [0.05, 0.1) is 16.8 Å². The number of halogens is 1. The van der Waals surface area contributed by atoms with Crippen molar-refractivity contribution in [1.29, 1.82) is 0 Å². The maximum atomic E-state index is 14.0. The minimum absolute atomic E-state index is 0.0466. The molecule has 0 saturated heterocycles. The lowest BCUT2D eigenvalue weighted by Crippen LogP contribution is -2.26. The number of benzene rings is 1. The van der Waals surface area contributed by atoms with E-state index < -0.39 is 17.0 Å². The minimum atomic E-state index is -1.40. The van der Waals surface area contributed by atoms with E-state index in [9.17, 15) is 8.60 Å². The van der Waals surface area contributed by atoms with Crippen LogP contribution in [-0.4, -0.2) is 26.6 Å². The third-order valence-electron chi connectivity index (χ3n) is 3.04. The molecule has 3 atom stereocenters. The normalized spacial score (nSPS) is 24.8. The maximum Gasteiger partial charge on any atom is 0.191 e. The summed E-state index contributed by atoms with van der Waals surface area (Å²) >= 11 is 0. The first-order chi connectivity index (χ1) is 9.49. The van der Waals surface area contributed by atoms with Gasteiger partial charge in [0.25, 0.3) is 0 Å². The third kappa shape index (κ3) is 3.30. The Labute approximate surface area is 120 Å². The quantitative estimate of drug-likeness (QED) is 0.672. The molecule has 108 valence electrons. The molecule has 6 heteroatoms. The highest BCUT2D eigenvalue weighted by molar-refractivity contribution is 8.01. The number of aliphatic imine (C=N–C) groups is 2. The third-order valence-corrected chi connectivity index (χ3v) is 4.40. The van der Waals surface area contributed by atoms with Crippen molar-refractivity contribution in [2.24, 2.45) is 15.7 Å². The number of hydrogen-bond acceptors (Lipinski definition) is 3. The van der Waals surface area contributed by atoms with E-state index in [1.165, 1.54) is 0 Å². The van der Waals surface area contributed by atoms with Gasteiger partial charge in [0.1, 0.15) is 0 Å². The van der Waals surface area contributed by atoms with Crippen molar-refractivity contribution in [3.05, 3.63) is 35.9 Å². The molecule has 0 bridgehead atoms. The second kappa shape index (κ2) is 6.26. The van der Waals surface area contributed by atoms with E-state index in [2.05, 4.69) is 9.98 Å². The maximum absolute atomic E-state index is 14.0. The van der Waals surface area contributed by atoms with E-state index >= 15 is 0 Å². The van der Waals surface area contributed by atoms with Gasteiger partial charge < -0.3 is 5.73 Å². The molecule has 1 aliphatic heterocycles. The van der Waals surface area contributed by atoms with Gasteiger partial charge in [0.15, 0.2) is 17.2 Å². The van der Waals surface area contributed by atoms with E-state index in [1.54, 1.807) is 13.8 Å². The number of alkyl halides is 1. The van der Waals surface area contributed by atoms with E-state index in [1.807, 2.05) is 30.3 Å². The van der Waals surface area contributed by atoms with Crippen molar-refractivity contribution in [2.75, 3.05) is 0 Å². The summed E-state index contributed by atoms with van der Waals surface area (Å²) in [6, 6.07) is 9.25. The molecule has 1 heterocycles. The Bertz CT molecular complexity index is 557. The van der Waals surface area contributed by atoms with Gasteiger partial charge in [-0.25, -0.2) is 9.38 Å². The smallest absolute Gasteiger partial charge is 0.191 e. The van der Waals surface area contributed by atoms with Gasteiger partial charge in [-0.05, 0) is 5.56 Å². The van der Waals surface area contributed by atoms with Gasteiger partial charge in [-0.2, -0.15) is 0 Å². The Balaban J connectivity index is 2.20. The Kier molecular flexibility index (Phi) is 4.65. The molecule has 0 aromatic heterocycles. The van der Waals surface area contributed by atoms with Crippen molar-refractivity contribution in [3.63, 3.8) is 0 Å². The van der Waals surface area contributed by atoms with Crippen LogP contribution in [0.1, 0.15) is 31.9 Å². The summed E-state index contributed by atoms with van der Waals surface area (Å²) in [6.07, 6.45) is -1.01. The highest BCUT2D eigenvalue weighted by Gasteiger charge is 2.29. The second-order valence-corrected chi connectivity index (χ2v) is 6.87. The summed E-state index contributed by atoms with van der Waals surface area (Å²) in [5, 5.41) is -0.209. The molecule has 1 aromatic carbocycles. The molecule has 1 aliphatic rings. The topological polar surface area (TPSA) is 67.8 Å². The molecular weight excluding hydrogens is 277 g/mol. The average Bonchev–Trinajstić information content (AvgIpc) is 2.80. The Morgan fingerprint density at radius 1 is 1.45 bits per heavy atom. The van der Waals surface area contributed by atoms with Crippen LogP contribution in [0.25, 0.3) is 0 Å². The van der Waals surface area contributed by atoms with E-state index in [0.29, 0.717) is 0 Å². The molecule has 0 spiro atoms. The summed E-state index contributed by atoms with van der Waals surface area (Å²) in [5.41, 5.74) is 6.59. The Hall–Kier alpha value is -1.56. The summed E-state index contributed by atoms with van der Waals surface area (Å²) in [6.45, 7) is 3.54. The molecule has 1 aromatic rings. The highest BCUT2D eigenvalue weighted by atomic mass is 32.2. The predicted molar refractivity (Wildman–Crippen MR) is 81.0 cm³/mol. The molecule has 0 saturated carbocycles. The van der Waals surface area contributed by atoms with E-state index in [0.717, 1.165) is 5.56 Å². The second-order valence-electron chi connectivity index (χ2n) is 4.91. The van der Waals surface area contributed by atoms with Crippen molar-refractivity contribution in [1.82, 2.24) is 0 Å². The van der Waals surface area contributed by atoms with Gasteiger partial charge in [-0.1, -0.05) is 44.2 Å². The Morgan fingerprint density at radius 3 is 2.70 bits per heavy atom. The summed E-state index contributed by atoms with van der Waals surface area (Å²) < 4.78 is 25.7. The number of hydrogen-bond donors (Lipinski definition) is 1. The van der Waals surface area contributed by atoms with Crippen LogP contribution in [0, 0.1) is 0 Å². The zero-order valence-electron chi connectivity index (χ0n) is 11.5. The molecular formula is C14H18FN3OS. The van der Waals surface area contributed by atoms with E-state index in [-0.39, 0.29) is 28.7 Å². The fourth-order valence-corrected chi connectivity index (χ4v) is 2.65. The summed E-state index contributed by atoms with van der Waals surface area (Å²) in [5.74, 6) is 0.0466. The lowest BCUT2D eigenvalue weighted by molar-refractivity contribution is 0.400. The molecule has 20 heavy (non-hydrogen) atoms. The van der Waals surface area contributed by atoms with Gasteiger partial charge >= 0.3 is 0 Å². The lowest BCUT2D eigenvalue weighted by atomic mass is 10.0. The number of nitrogens with two attached hydrogens (primary N) is 1. The number of amidine groups is 2. The molecule has 0 amide bonds. The monoisotopic (exact) mass is 295 g/mol. The van der Waals surface area contributed by atoms with Crippen LogP contribution in [0.4, 0.5) is 4.39 Å². The van der Waals surface area contributed by atoms with Crippen molar-refractivity contribution < 1.29 is 8.60 Å². The highest BCUT2D eigenvalue weighted by Crippen LogP contribution is 2.31. The molecule has 0 unspecified atom stereocenters. The fourth-order valence-electron chi connectivity index (χ4n) is 1.98. The molecule has 0 fully saturated rings. The lowest BCUT2D eigenvalue weighted by Gasteiger charge is -2.05. The molecule has 0 radical (unpaired) electrons. The first kappa shape index (κ1) is 14.8. The van der Waals surface area contributed by atoms with Crippen LogP contribution in [-0.2, 0) is 10.8 Å². The van der Waals surface area contributed by atoms with Gasteiger partial charge in [0.2, 0.25) is 0 Å². The van der Waals surface area contributed by atoms with Crippen LogP contribution in [0.15, 0.2) is 40.3 Å². The van der Waals surface area contributed by atoms with E-state index in [4.69, 9.17) is 5.73 Å². The molecule has 2 N–H and O–H groups in total. The van der Waals surface area contributed by atoms with Crippen LogP contribution >= 0.6 is 0 Å². The first-order valence-corrected chi connectivity index (χ1v) is 7.71. The van der Waals surface area contributed by atoms with Crippen molar-refractivity contribution in [2.45, 2.75) is 37.7 Å². The standard InChI is InChI=1S/C14H18FN3OS/c1-9(2)20(19)14(16)18-13-11(15)8-12(17-13)10-6-4-3-5-7-10/h3-7,9,11-12H,8H2,1-2H3,(H2,16,17,18)/t11-,12-,20-/m0/s1. The zero-order chi connectivity index (χ0) is 14.7. The number of nitrogens with zero attached hydrogens (tertiary/aromatic N) is 2. The number of rotatable bonds is 2. The first-order valence-electron chi connectivity index (χ1n) is 6.50. The Morgan fingerprint density at radius 2 is 2.10 bits per heavy atom. The van der Waals surface area contributed by atoms with Crippen molar-refractivity contribution in [3.8, 4) is 0 Å². The SMILES string of the molecule is CC(C)[S@](=O)C(N)=NC1=N[C@H](c2ccccc2)C[C@@H]1F. The van der Waals surface area contributed by atoms with Crippen LogP contribution in [0.3, 0.4) is 0 Å². The van der Waals surface area contributed by atoms with Crippen molar-refractivity contribution >= 4 is 21.8 Å². The van der Waals surface area contributed by atoms with Crippen LogP contribution in [0.5, 0.6) is 0 Å². The predicted octanol–water partition coefficient (Wildman–Crippen LogP) is 2.34. The molecule has 2 rings (SSSR count). The zero-order valence-corrected chi connectivity index (χ0v) is 12.3. The molecule has 4 nitrogen and oxygen atoms in total. The van der Waals surface area contributed by atoms with Gasteiger partial charge in [-0.15, -0.1) is 0 Å².